The van der Waals surface area contributed by atoms with Crippen molar-refractivity contribution in [2.45, 2.75) is 24.9 Å². The van der Waals surface area contributed by atoms with E-state index in [9.17, 15) is 0 Å². The maximum Gasteiger partial charge on any atom is 0.239 e. The predicted octanol–water partition coefficient (Wildman–Crippen LogP) is 4.11. The zero-order chi connectivity index (χ0) is 13.2. The summed E-state index contributed by atoms with van der Waals surface area (Å²) in [6.45, 7) is 3.88. The number of benzene rings is 1. The van der Waals surface area contributed by atoms with Gasteiger partial charge in [-0.3, -0.25) is 0 Å². The quantitative estimate of drug-likeness (QED) is 0.833. The minimum Gasteiger partial charge on any atom is -0.338 e. The van der Waals surface area contributed by atoms with Gasteiger partial charge in [0.15, 0.2) is 5.82 Å². The van der Waals surface area contributed by atoms with Crippen molar-refractivity contribution in [1.82, 2.24) is 10.1 Å². The lowest BCUT2D eigenvalue weighted by Crippen LogP contribution is -1.99. The van der Waals surface area contributed by atoms with E-state index in [1.165, 1.54) is 5.56 Å². The molecule has 1 atom stereocenters. The van der Waals surface area contributed by atoms with Gasteiger partial charge in [0, 0.05) is 5.75 Å². The van der Waals surface area contributed by atoms with Gasteiger partial charge in [-0.1, -0.05) is 46.9 Å². The molecule has 2 heterocycles. The van der Waals surface area contributed by atoms with Crippen molar-refractivity contribution < 1.29 is 4.52 Å². The van der Waals surface area contributed by atoms with Crippen LogP contribution in [0.25, 0.3) is 0 Å². The zero-order valence-electron chi connectivity index (χ0n) is 10.7. The number of nitrogens with zero attached hydrogens (tertiary/aromatic N) is 3. The van der Waals surface area contributed by atoms with E-state index in [1.54, 1.807) is 23.5 Å². The summed E-state index contributed by atoms with van der Waals surface area (Å²) in [7, 11) is 0. The van der Waals surface area contributed by atoms with Gasteiger partial charge in [0.05, 0.1) is 10.9 Å². The summed E-state index contributed by atoms with van der Waals surface area (Å²) in [5.74, 6) is 2.30. The Morgan fingerprint density at radius 2 is 2.21 bits per heavy atom. The first-order valence-corrected chi connectivity index (χ1v) is 7.85. The Bertz CT molecular complexity index is 624. The molecule has 1 aliphatic heterocycles. The van der Waals surface area contributed by atoms with E-state index >= 15 is 0 Å². The molecule has 0 spiro atoms. The number of para-hydroxylation sites is 1. The van der Waals surface area contributed by atoms with Gasteiger partial charge in [-0.25, -0.2) is 4.99 Å². The maximum absolute atomic E-state index is 5.19. The van der Waals surface area contributed by atoms with Gasteiger partial charge in [0.2, 0.25) is 5.89 Å². The monoisotopic (exact) mass is 291 g/mol. The van der Waals surface area contributed by atoms with Crippen LogP contribution in [0, 0.1) is 6.92 Å². The highest BCUT2D eigenvalue weighted by atomic mass is 32.2. The van der Waals surface area contributed by atoms with Gasteiger partial charge >= 0.3 is 0 Å². The molecule has 19 heavy (non-hydrogen) atoms. The molecule has 0 amide bonds. The SMILES string of the molecule is Cc1noc(C(C)SC2=Nc3ccccc3CS2)n1. The fourth-order valence-corrected chi connectivity index (χ4v) is 3.97. The summed E-state index contributed by atoms with van der Waals surface area (Å²) in [5.41, 5.74) is 2.36. The summed E-state index contributed by atoms with van der Waals surface area (Å²) in [4.78, 5) is 8.93. The molecule has 0 aliphatic carbocycles. The van der Waals surface area contributed by atoms with E-state index in [0.29, 0.717) is 11.7 Å². The van der Waals surface area contributed by atoms with Crippen molar-refractivity contribution >= 4 is 33.6 Å². The molecule has 98 valence electrons. The highest BCUT2D eigenvalue weighted by Crippen LogP contribution is 2.39. The van der Waals surface area contributed by atoms with Crippen LogP contribution < -0.4 is 0 Å². The second-order valence-corrected chi connectivity index (χ2v) is 6.79. The molecule has 2 aromatic rings. The third-order valence-corrected chi connectivity index (χ3v) is 5.01. The smallest absolute Gasteiger partial charge is 0.239 e. The Hall–Kier alpha value is -1.27. The van der Waals surface area contributed by atoms with Gasteiger partial charge in [-0.05, 0) is 25.5 Å². The van der Waals surface area contributed by atoms with E-state index in [4.69, 9.17) is 4.52 Å². The fourth-order valence-electron chi connectivity index (χ4n) is 1.75. The maximum atomic E-state index is 5.19. The molecule has 3 rings (SSSR count). The van der Waals surface area contributed by atoms with Crippen molar-refractivity contribution in [1.29, 1.82) is 0 Å². The number of aliphatic imine (C=N–C) groups is 1. The predicted molar refractivity (Wildman–Crippen MR) is 79.9 cm³/mol. The van der Waals surface area contributed by atoms with E-state index in [2.05, 4.69) is 40.3 Å². The summed E-state index contributed by atoms with van der Waals surface area (Å²) >= 11 is 3.43. The standard InChI is InChI=1S/C13H13N3OS2/c1-8(12-14-9(2)16-17-12)19-13-15-11-6-4-3-5-10(11)7-18-13/h3-6,8H,7H2,1-2H3. The van der Waals surface area contributed by atoms with Gasteiger partial charge in [0.25, 0.3) is 0 Å². The molecule has 4 nitrogen and oxygen atoms in total. The third-order valence-electron chi connectivity index (χ3n) is 2.72. The Morgan fingerprint density at radius 3 is 3.00 bits per heavy atom. The minimum absolute atomic E-state index is 0.123. The van der Waals surface area contributed by atoms with Crippen molar-refractivity contribution in [3.05, 3.63) is 41.5 Å². The highest BCUT2D eigenvalue weighted by molar-refractivity contribution is 8.38. The number of fused-ring (bicyclic) bond motifs is 1. The van der Waals surface area contributed by atoms with Gasteiger partial charge in [-0.15, -0.1) is 0 Å². The van der Waals surface area contributed by atoms with E-state index < -0.39 is 0 Å². The van der Waals surface area contributed by atoms with Crippen molar-refractivity contribution in [2.75, 3.05) is 0 Å². The molecular weight excluding hydrogens is 278 g/mol. The number of thioether (sulfide) groups is 2. The molecule has 1 aromatic heterocycles. The number of aryl methyl sites for hydroxylation is 1. The molecule has 0 radical (unpaired) electrons. The number of rotatable bonds is 2. The van der Waals surface area contributed by atoms with Crippen LogP contribution in [0.2, 0.25) is 0 Å². The Labute approximate surface area is 120 Å². The highest BCUT2D eigenvalue weighted by Gasteiger charge is 2.19. The summed E-state index contributed by atoms with van der Waals surface area (Å²) < 4.78 is 6.25. The number of aromatic nitrogens is 2. The molecule has 6 heteroatoms. The van der Waals surface area contributed by atoms with Crippen LogP contribution in [0.4, 0.5) is 5.69 Å². The average molecular weight is 291 g/mol. The Morgan fingerprint density at radius 1 is 1.37 bits per heavy atom. The summed E-state index contributed by atoms with van der Waals surface area (Å²) in [6.07, 6.45) is 0. The van der Waals surface area contributed by atoms with Crippen LogP contribution in [-0.4, -0.2) is 14.5 Å². The topological polar surface area (TPSA) is 51.3 Å². The lowest BCUT2D eigenvalue weighted by Gasteiger charge is -2.15. The fraction of sp³-hybridized carbons (Fsp3) is 0.308. The molecule has 0 fully saturated rings. The first-order valence-electron chi connectivity index (χ1n) is 5.98. The number of hydrogen-bond acceptors (Lipinski definition) is 6. The lowest BCUT2D eigenvalue weighted by atomic mass is 10.2. The molecule has 0 N–H and O–H groups in total. The zero-order valence-corrected chi connectivity index (χ0v) is 12.3. The van der Waals surface area contributed by atoms with Crippen LogP contribution >= 0.6 is 23.5 Å². The van der Waals surface area contributed by atoms with Crippen LogP contribution in [0.5, 0.6) is 0 Å². The molecule has 1 unspecified atom stereocenters. The number of hydrogen-bond donors (Lipinski definition) is 0. The van der Waals surface area contributed by atoms with Crippen LogP contribution in [-0.2, 0) is 5.75 Å². The summed E-state index contributed by atoms with van der Waals surface area (Å²) in [5, 5.41) is 3.94. The van der Waals surface area contributed by atoms with Crippen molar-refractivity contribution in [2.24, 2.45) is 4.99 Å². The van der Waals surface area contributed by atoms with E-state index in [1.807, 2.05) is 13.0 Å². The van der Waals surface area contributed by atoms with Crippen molar-refractivity contribution in [3.8, 4) is 0 Å². The van der Waals surface area contributed by atoms with Crippen molar-refractivity contribution in [3.63, 3.8) is 0 Å². The summed E-state index contributed by atoms with van der Waals surface area (Å²) in [6, 6.07) is 8.25. The van der Waals surface area contributed by atoms with Crippen LogP contribution in [0.15, 0.2) is 33.8 Å². The van der Waals surface area contributed by atoms with Gasteiger partial charge in [0.1, 0.15) is 4.38 Å². The minimum atomic E-state index is 0.123. The van der Waals surface area contributed by atoms with E-state index in [0.717, 1.165) is 15.8 Å². The Balaban J connectivity index is 1.76. The molecule has 1 aliphatic rings. The molecule has 1 aromatic carbocycles. The average Bonchev–Trinajstić information content (AvgIpc) is 2.85. The molecule has 0 bridgehead atoms. The van der Waals surface area contributed by atoms with Crippen LogP contribution in [0.3, 0.4) is 0 Å². The largest absolute Gasteiger partial charge is 0.338 e. The van der Waals surface area contributed by atoms with E-state index in [-0.39, 0.29) is 5.25 Å². The van der Waals surface area contributed by atoms with Gasteiger partial charge < -0.3 is 4.52 Å². The normalized spacial score (nSPS) is 15.8. The third kappa shape index (κ3) is 2.84. The molecule has 0 saturated heterocycles. The van der Waals surface area contributed by atoms with Gasteiger partial charge in [-0.2, -0.15) is 4.98 Å². The molecular formula is C13H13N3OS2. The molecule has 0 saturated carbocycles. The lowest BCUT2D eigenvalue weighted by molar-refractivity contribution is 0.377. The van der Waals surface area contributed by atoms with Crippen LogP contribution in [0.1, 0.15) is 29.5 Å². The first kappa shape index (κ1) is 12.7. The second kappa shape index (κ2) is 5.38. The Kier molecular flexibility index (Phi) is 3.61. The second-order valence-electron chi connectivity index (χ2n) is 4.24. The first-order chi connectivity index (χ1) is 9.22.